The van der Waals surface area contributed by atoms with Gasteiger partial charge in [0.25, 0.3) is 5.56 Å². The molecule has 108 valence electrons. The van der Waals surface area contributed by atoms with Crippen molar-refractivity contribution < 1.29 is 9.15 Å². The molecule has 1 N–H and O–H groups in total. The number of H-pyrrole nitrogens is 1. The summed E-state index contributed by atoms with van der Waals surface area (Å²) in [6.07, 6.45) is 3.03. The standard InChI is InChI=1S/C15H10N4O3/c1-21-9-4-2-3-8(7-9)13-18-10-11-15(17-6-5-16-11)22-12(10)14(20)19-13/h2-7H,1H3,(H,18,19,20). The van der Waals surface area contributed by atoms with E-state index in [1.165, 1.54) is 12.4 Å². The summed E-state index contributed by atoms with van der Waals surface area (Å²) in [5.41, 5.74) is 1.63. The predicted octanol–water partition coefficient (Wildman–Crippen LogP) is 2.13. The van der Waals surface area contributed by atoms with Crippen LogP contribution in [0.25, 0.3) is 33.7 Å². The van der Waals surface area contributed by atoms with Gasteiger partial charge in [0, 0.05) is 18.0 Å². The minimum absolute atomic E-state index is 0.118. The maximum absolute atomic E-state index is 12.2. The summed E-state index contributed by atoms with van der Waals surface area (Å²) in [6, 6.07) is 7.27. The molecule has 0 saturated heterocycles. The second kappa shape index (κ2) is 4.66. The second-order valence-electron chi connectivity index (χ2n) is 4.64. The third-order valence-electron chi connectivity index (χ3n) is 3.31. The fourth-order valence-electron chi connectivity index (χ4n) is 2.28. The van der Waals surface area contributed by atoms with Crippen LogP contribution in [0.5, 0.6) is 5.75 Å². The zero-order valence-electron chi connectivity index (χ0n) is 11.5. The zero-order chi connectivity index (χ0) is 15.1. The van der Waals surface area contributed by atoms with Gasteiger partial charge in [-0.2, -0.15) is 0 Å². The van der Waals surface area contributed by atoms with E-state index in [-0.39, 0.29) is 11.1 Å². The first-order valence-corrected chi connectivity index (χ1v) is 6.54. The van der Waals surface area contributed by atoms with Gasteiger partial charge in [0.15, 0.2) is 5.52 Å². The summed E-state index contributed by atoms with van der Waals surface area (Å²) in [7, 11) is 1.58. The van der Waals surface area contributed by atoms with Gasteiger partial charge >= 0.3 is 0 Å². The lowest BCUT2D eigenvalue weighted by atomic mass is 10.2. The monoisotopic (exact) mass is 294 g/mol. The fraction of sp³-hybridized carbons (Fsp3) is 0.0667. The van der Waals surface area contributed by atoms with Crippen molar-refractivity contribution in [3.63, 3.8) is 0 Å². The molecule has 0 aliphatic heterocycles. The van der Waals surface area contributed by atoms with Gasteiger partial charge in [0.1, 0.15) is 17.1 Å². The molecule has 3 heterocycles. The van der Waals surface area contributed by atoms with E-state index in [1.807, 2.05) is 18.2 Å². The van der Waals surface area contributed by atoms with Gasteiger partial charge in [-0.05, 0) is 12.1 Å². The Labute approximate surface area is 123 Å². The van der Waals surface area contributed by atoms with Gasteiger partial charge in [-0.25, -0.2) is 15.0 Å². The number of aromatic nitrogens is 4. The molecule has 0 aliphatic rings. The third kappa shape index (κ3) is 1.83. The molecule has 1 aromatic carbocycles. The largest absolute Gasteiger partial charge is 0.497 e. The normalized spacial score (nSPS) is 11.1. The van der Waals surface area contributed by atoms with Crippen molar-refractivity contribution in [2.75, 3.05) is 7.11 Å². The molecular weight excluding hydrogens is 284 g/mol. The summed E-state index contributed by atoms with van der Waals surface area (Å²) in [6.45, 7) is 0. The van der Waals surface area contributed by atoms with E-state index in [0.717, 1.165) is 5.56 Å². The van der Waals surface area contributed by atoms with E-state index >= 15 is 0 Å². The van der Waals surface area contributed by atoms with E-state index in [2.05, 4.69) is 19.9 Å². The van der Waals surface area contributed by atoms with E-state index in [1.54, 1.807) is 13.2 Å². The van der Waals surface area contributed by atoms with Crippen LogP contribution in [0.3, 0.4) is 0 Å². The van der Waals surface area contributed by atoms with Gasteiger partial charge in [-0.3, -0.25) is 4.79 Å². The number of nitrogens with one attached hydrogen (secondary N) is 1. The number of hydrogen-bond acceptors (Lipinski definition) is 6. The van der Waals surface area contributed by atoms with Crippen LogP contribution in [0.15, 0.2) is 45.9 Å². The minimum Gasteiger partial charge on any atom is -0.497 e. The topological polar surface area (TPSA) is 93.9 Å². The molecule has 0 unspecified atom stereocenters. The van der Waals surface area contributed by atoms with Gasteiger partial charge < -0.3 is 14.1 Å². The van der Waals surface area contributed by atoms with Crippen LogP contribution >= 0.6 is 0 Å². The summed E-state index contributed by atoms with van der Waals surface area (Å²) in [4.78, 5) is 27.6. The second-order valence-corrected chi connectivity index (χ2v) is 4.64. The van der Waals surface area contributed by atoms with Gasteiger partial charge in [0.2, 0.25) is 11.3 Å². The molecule has 0 aliphatic carbocycles. The molecule has 7 heteroatoms. The number of hydrogen-bond donors (Lipinski definition) is 1. The highest BCUT2D eigenvalue weighted by atomic mass is 16.5. The maximum atomic E-state index is 12.2. The summed E-state index contributed by atoms with van der Waals surface area (Å²) in [5.74, 6) is 1.10. The first-order valence-electron chi connectivity index (χ1n) is 6.54. The Balaban J connectivity index is 2.03. The van der Waals surface area contributed by atoms with Crippen molar-refractivity contribution in [2.45, 2.75) is 0 Å². The van der Waals surface area contributed by atoms with E-state index in [4.69, 9.17) is 9.15 Å². The van der Waals surface area contributed by atoms with Crippen LogP contribution in [-0.4, -0.2) is 27.0 Å². The van der Waals surface area contributed by atoms with Gasteiger partial charge in [-0.1, -0.05) is 12.1 Å². The summed E-state index contributed by atoms with van der Waals surface area (Å²) >= 11 is 0. The van der Waals surface area contributed by atoms with Crippen molar-refractivity contribution in [3.8, 4) is 17.1 Å². The average Bonchev–Trinajstić information content (AvgIpc) is 2.94. The number of rotatable bonds is 2. The Morgan fingerprint density at radius 1 is 1.18 bits per heavy atom. The number of fused-ring (bicyclic) bond motifs is 3. The van der Waals surface area contributed by atoms with E-state index in [9.17, 15) is 4.79 Å². The highest BCUT2D eigenvalue weighted by Gasteiger charge is 2.15. The molecule has 0 amide bonds. The average molecular weight is 294 g/mol. The number of furan rings is 1. The molecule has 0 spiro atoms. The Morgan fingerprint density at radius 3 is 2.91 bits per heavy atom. The summed E-state index contributed by atoms with van der Waals surface area (Å²) in [5, 5.41) is 0. The smallest absolute Gasteiger partial charge is 0.295 e. The van der Waals surface area contributed by atoms with Crippen molar-refractivity contribution in [2.24, 2.45) is 0 Å². The molecule has 7 nitrogen and oxygen atoms in total. The van der Waals surface area contributed by atoms with Gasteiger partial charge in [-0.15, -0.1) is 0 Å². The molecule has 4 rings (SSSR count). The Kier molecular flexibility index (Phi) is 2.65. The molecule has 3 aromatic heterocycles. The maximum Gasteiger partial charge on any atom is 0.295 e. The zero-order valence-corrected chi connectivity index (χ0v) is 11.5. The lowest BCUT2D eigenvalue weighted by Gasteiger charge is -2.03. The van der Waals surface area contributed by atoms with Crippen LogP contribution in [-0.2, 0) is 0 Å². The van der Waals surface area contributed by atoms with Crippen LogP contribution < -0.4 is 10.3 Å². The fourth-order valence-corrected chi connectivity index (χ4v) is 2.28. The molecule has 4 aromatic rings. The van der Waals surface area contributed by atoms with Crippen LogP contribution in [0.1, 0.15) is 0 Å². The Morgan fingerprint density at radius 2 is 2.05 bits per heavy atom. The Hall–Kier alpha value is -3.22. The SMILES string of the molecule is COc1cccc(-c2nc3c(oc4nccnc43)c(=O)[nH]2)c1. The number of ether oxygens (including phenoxy) is 1. The molecule has 0 fully saturated rings. The molecule has 0 atom stereocenters. The highest BCUT2D eigenvalue weighted by molar-refractivity contribution is 5.98. The molecular formula is C15H10N4O3. The minimum atomic E-state index is -0.373. The molecule has 0 saturated carbocycles. The number of nitrogens with zero attached hydrogens (tertiary/aromatic N) is 3. The molecule has 0 bridgehead atoms. The van der Waals surface area contributed by atoms with Crippen molar-refractivity contribution in [3.05, 3.63) is 47.0 Å². The molecule has 0 radical (unpaired) electrons. The van der Waals surface area contributed by atoms with E-state index < -0.39 is 0 Å². The molecule has 22 heavy (non-hydrogen) atoms. The third-order valence-corrected chi connectivity index (χ3v) is 3.31. The van der Waals surface area contributed by atoms with Crippen LogP contribution in [0.4, 0.5) is 0 Å². The predicted molar refractivity (Wildman–Crippen MR) is 79.7 cm³/mol. The number of methoxy groups -OCH3 is 1. The van der Waals surface area contributed by atoms with Crippen LogP contribution in [0, 0.1) is 0 Å². The lowest BCUT2D eigenvalue weighted by Crippen LogP contribution is -2.08. The van der Waals surface area contributed by atoms with Crippen molar-refractivity contribution in [1.82, 2.24) is 19.9 Å². The van der Waals surface area contributed by atoms with Crippen LogP contribution in [0.2, 0.25) is 0 Å². The quantitative estimate of drug-likeness (QED) is 0.608. The van der Waals surface area contributed by atoms with Crippen molar-refractivity contribution >= 4 is 22.3 Å². The first kappa shape index (κ1) is 12.5. The van der Waals surface area contributed by atoms with E-state index in [0.29, 0.717) is 28.3 Å². The lowest BCUT2D eigenvalue weighted by molar-refractivity contribution is 0.415. The number of aromatic amines is 1. The van der Waals surface area contributed by atoms with Crippen molar-refractivity contribution in [1.29, 1.82) is 0 Å². The Bertz CT molecular complexity index is 1050. The summed E-state index contributed by atoms with van der Waals surface area (Å²) < 4.78 is 10.6. The van der Waals surface area contributed by atoms with Gasteiger partial charge in [0.05, 0.1) is 7.11 Å². The highest BCUT2D eigenvalue weighted by Crippen LogP contribution is 2.25. The first-order chi connectivity index (χ1) is 10.8. The number of benzene rings is 1.